The van der Waals surface area contributed by atoms with Crippen molar-refractivity contribution in [1.82, 2.24) is 15.1 Å². The molecule has 0 atom stereocenters. The van der Waals surface area contributed by atoms with E-state index in [1.54, 1.807) is 11.3 Å². The van der Waals surface area contributed by atoms with E-state index in [2.05, 4.69) is 15.1 Å². The lowest BCUT2D eigenvalue weighted by molar-refractivity contribution is -0.133. The fourth-order valence-electron chi connectivity index (χ4n) is 1.30. The molecule has 96 valence electrons. The van der Waals surface area contributed by atoms with Crippen molar-refractivity contribution < 1.29 is 14.4 Å². The summed E-state index contributed by atoms with van der Waals surface area (Å²) in [4.78, 5) is 18.8. The Hall–Kier alpha value is -1.41. The van der Waals surface area contributed by atoms with Crippen molar-refractivity contribution in [2.24, 2.45) is 0 Å². The Morgan fingerprint density at radius 2 is 2.39 bits per heavy atom. The molecule has 0 saturated heterocycles. The standard InChI is InChI=1S/C10H11N3O3S2/c1-6-11-7(3-18-6)2-8-12-9(16-13-8)4-17-5-10(14)15/h3H,2,4-5H2,1H3,(H,14,15). The van der Waals surface area contributed by atoms with Crippen molar-refractivity contribution in [1.29, 1.82) is 0 Å². The van der Waals surface area contributed by atoms with Crippen LogP contribution in [0.1, 0.15) is 22.4 Å². The fraction of sp³-hybridized carbons (Fsp3) is 0.400. The molecule has 2 aromatic rings. The number of thioether (sulfide) groups is 1. The molecule has 1 N–H and O–H groups in total. The van der Waals surface area contributed by atoms with Gasteiger partial charge in [-0.2, -0.15) is 4.98 Å². The third-order valence-corrected chi connectivity index (χ3v) is 3.69. The fourth-order valence-corrected chi connectivity index (χ4v) is 2.48. The van der Waals surface area contributed by atoms with Crippen molar-refractivity contribution in [3.8, 4) is 0 Å². The Kier molecular flexibility index (Phi) is 4.32. The summed E-state index contributed by atoms with van der Waals surface area (Å²) in [5.74, 6) is 0.616. The number of carboxylic acids is 1. The maximum absolute atomic E-state index is 10.3. The van der Waals surface area contributed by atoms with Crippen LogP contribution in [0.4, 0.5) is 0 Å². The number of rotatable bonds is 6. The van der Waals surface area contributed by atoms with Crippen molar-refractivity contribution in [2.75, 3.05) is 5.75 Å². The minimum Gasteiger partial charge on any atom is -0.481 e. The zero-order valence-corrected chi connectivity index (χ0v) is 11.3. The van der Waals surface area contributed by atoms with Crippen molar-refractivity contribution in [3.63, 3.8) is 0 Å². The summed E-state index contributed by atoms with van der Waals surface area (Å²) in [7, 11) is 0. The zero-order valence-electron chi connectivity index (χ0n) is 9.62. The Labute approximate surface area is 111 Å². The summed E-state index contributed by atoms with van der Waals surface area (Å²) >= 11 is 2.81. The van der Waals surface area contributed by atoms with Crippen LogP contribution in [0.25, 0.3) is 0 Å². The van der Waals surface area contributed by atoms with Gasteiger partial charge in [0.15, 0.2) is 5.82 Å². The van der Waals surface area contributed by atoms with Gasteiger partial charge in [0.2, 0.25) is 5.89 Å². The summed E-state index contributed by atoms with van der Waals surface area (Å²) in [5, 5.41) is 15.3. The number of thiazole rings is 1. The first-order chi connectivity index (χ1) is 8.63. The lowest BCUT2D eigenvalue weighted by atomic mass is 10.3. The molecule has 0 saturated carbocycles. The summed E-state index contributed by atoms with van der Waals surface area (Å²) in [6, 6.07) is 0. The van der Waals surface area contributed by atoms with Gasteiger partial charge in [-0.05, 0) is 6.92 Å². The Balaban J connectivity index is 1.88. The lowest BCUT2D eigenvalue weighted by Gasteiger charge is -1.91. The van der Waals surface area contributed by atoms with Crippen LogP contribution in [-0.2, 0) is 17.0 Å². The summed E-state index contributed by atoms with van der Waals surface area (Å²) in [6.45, 7) is 1.94. The molecule has 2 rings (SSSR count). The first-order valence-corrected chi connectivity index (χ1v) is 7.19. The molecule has 0 amide bonds. The number of nitrogens with zero attached hydrogens (tertiary/aromatic N) is 3. The normalized spacial score (nSPS) is 10.7. The molecule has 0 aliphatic carbocycles. The molecule has 18 heavy (non-hydrogen) atoms. The van der Waals surface area contributed by atoms with E-state index in [0.717, 1.165) is 10.7 Å². The molecule has 8 heteroatoms. The molecule has 0 fully saturated rings. The first-order valence-electron chi connectivity index (χ1n) is 5.15. The average Bonchev–Trinajstić information content (AvgIpc) is 2.89. The molecule has 0 aliphatic rings. The quantitative estimate of drug-likeness (QED) is 0.864. The minimum atomic E-state index is -0.849. The van der Waals surface area contributed by atoms with Gasteiger partial charge in [-0.15, -0.1) is 23.1 Å². The molecule has 0 unspecified atom stereocenters. The highest BCUT2D eigenvalue weighted by atomic mass is 32.2. The van der Waals surface area contributed by atoms with Crippen LogP contribution in [0.3, 0.4) is 0 Å². The van der Waals surface area contributed by atoms with E-state index in [4.69, 9.17) is 9.63 Å². The zero-order chi connectivity index (χ0) is 13.0. The van der Waals surface area contributed by atoms with E-state index >= 15 is 0 Å². The number of aliphatic carboxylic acids is 1. The highest BCUT2D eigenvalue weighted by Crippen LogP contribution is 2.13. The SMILES string of the molecule is Cc1nc(Cc2noc(CSCC(=O)O)n2)cs1. The second-order valence-electron chi connectivity index (χ2n) is 3.53. The van der Waals surface area contributed by atoms with E-state index in [9.17, 15) is 4.79 Å². The van der Waals surface area contributed by atoms with E-state index in [0.29, 0.717) is 23.9 Å². The van der Waals surface area contributed by atoms with Gasteiger partial charge < -0.3 is 9.63 Å². The Morgan fingerprint density at radius 1 is 1.56 bits per heavy atom. The molecule has 2 heterocycles. The average molecular weight is 285 g/mol. The molecule has 0 aliphatic heterocycles. The van der Waals surface area contributed by atoms with Gasteiger partial charge in [0.1, 0.15) is 0 Å². The van der Waals surface area contributed by atoms with E-state index in [-0.39, 0.29) is 5.75 Å². The van der Waals surface area contributed by atoms with Gasteiger partial charge in [-0.1, -0.05) is 5.16 Å². The predicted octanol–water partition coefficient (Wildman–Crippen LogP) is 1.74. The van der Waals surface area contributed by atoms with Crippen molar-refractivity contribution in [2.45, 2.75) is 19.1 Å². The van der Waals surface area contributed by atoms with E-state index in [1.165, 1.54) is 11.8 Å². The smallest absolute Gasteiger partial charge is 0.313 e. The molecule has 0 aromatic carbocycles. The Morgan fingerprint density at radius 3 is 3.06 bits per heavy atom. The molecule has 6 nitrogen and oxygen atoms in total. The highest BCUT2D eigenvalue weighted by molar-refractivity contribution is 7.99. The van der Waals surface area contributed by atoms with Crippen molar-refractivity contribution >= 4 is 29.1 Å². The van der Waals surface area contributed by atoms with Crippen LogP contribution in [0, 0.1) is 6.92 Å². The van der Waals surface area contributed by atoms with Gasteiger partial charge in [0, 0.05) is 5.38 Å². The highest BCUT2D eigenvalue weighted by Gasteiger charge is 2.09. The molecule has 0 radical (unpaired) electrons. The van der Waals surface area contributed by atoms with Crippen LogP contribution in [0.15, 0.2) is 9.90 Å². The van der Waals surface area contributed by atoms with Crippen LogP contribution in [-0.4, -0.2) is 32.0 Å². The second-order valence-corrected chi connectivity index (χ2v) is 5.57. The maximum Gasteiger partial charge on any atom is 0.313 e. The van der Waals surface area contributed by atoms with Crippen LogP contribution < -0.4 is 0 Å². The van der Waals surface area contributed by atoms with Gasteiger partial charge in [0.25, 0.3) is 0 Å². The predicted molar refractivity (Wildman–Crippen MR) is 67.8 cm³/mol. The van der Waals surface area contributed by atoms with E-state index < -0.39 is 5.97 Å². The Bertz CT molecular complexity index is 538. The van der Waals surface area contributed by atoms with Gasteiger partial charge in [0.05, 0.1) is 28.6 Å². The van der Waals surface area contributed by atoms with Crippen LogP contribution >= 0.6 is 23.1 Å². The monoisotopic (exact) mass is 285 g/mol. The summed E-state index contributed by atoms with van der Waals surface area (Å²) in [6.07, 6.45) is 0.539. The number of aryl methyl sites for hydroxylation is 1. The lowest BCUT2D eigenvalue weighted by Crippen LogP contribution is -1.98. The molecule has 0 bridgehead atoms. The van der Waals surface area contributed by atoms with E-state index in [1.807, 2.05) is 12.3 Å². The van der Waals surface area contributed by atoms with Crippen LogP contribution in [0.5, 0.6) is 0 Å². The first kappa shape index (κ1) is 13.0. The molecular weight excluding hydrogens is 274 g/mol. The third-order valence-electron chi connectivity index (χ3n) is 1.97. The number of aromatic nitrogens is 3. The van der Waals surface area contributed by atoms with Crippen LogP contribution in [0.2, 0.25) is 0 Å². The van der Waals surface area contributed by atoms with Crippen molar-refractivity contribution in [3.05, 3.63) is 27.8 Å². The largest absolute Gasteiger partial charge is 0.481 e. The maximum atomic E-state index is 10.3. The molecular formula is C10H11N3O3S2. The molecule has 0 spiro atoms. The third kappa shape index (κ3) is 3.81. The van der Waals surface area contributed by atoms with Gasteiger partial charge in [-0.25, -0.2) is 4.98 Å². The number of carbonyl (C=O) groups is 1. The number of hydrogen-bond acceptors (Lipinski definition) is 7. The minimum absolute atomic E-state index is 0.0307. The molecule has 2 aromatic heterocycles. The second kappa shape index (κ2) is 5.96. The topological polar surface area (TPSA) is 89.1 Å². The number of hydrogen-bond donors (Lipinski definition) is 1. The van der Waals surface area contributed by atoms with Gasteiger partial charge in [-0.3, -0.25) is 4.79 Å². The summed E-state index contributed by atoms with van der Waals surface area (Å²) in [5.41, 5.74) is 0.919. The summed E-state index contributed by atoms with van der Waals surface area (Å²) < 4.78 is 5.03. The van der Waals surface area contributed by atoms with Gasteiger partial charge >= 0.3 is 5.97 Å². The number of carboxylic acid groups (broad SMARTS) is 1.